The molecule has 1 amide bonds. The predicted octanol–water partition coefficient (Wildman–Crippen LogP) is 2.18. The van der Waals surface area contributed by atoms with Crippen LogP contribution in [0.25, 0.3) is 5.76 Å². The average molecular weight is 553 g/mol. The summed E-state index contributed by atoms with van der Waals surface area (Å²) in [5.74, 6) is 0.109. The smallest absolute Gasteiger partial charge is 0.295 e. The predicted molar refractivity (Wildman–Crippen MR) is 149 cm³/mol. The third kappa shape index (κ3) is 6.20. The van der Waals surface area contributed by atoms with Crippen molar-refractivity contribution >= 4 is 17.4 Å². The summed E-state index contributed by atoms with van der Waals surface area (Å²) in [6, 6.07) is 9.35. The van der Waals surface area contributed by atoms with Gasteiger partial charge in [0.1, 0.15) is 13.2 Å². The number of methoxy groups -OCH3 is 1. The molecule has 2 aromatic carbocycles. The minimum absolute atomic E-state index is 0.0708. The van der Waals surface area contributed by atoms with Crippen LogP contribution in [-0.2, 0) is 9.59 Å². The summed E-state index contributed by atoms with van der Waals surface area (Å²) in [6.07, 6.45) is 2.60. The zero-order chi connectivity index (χ0) is 28.6. The highest BCUT2D eigenvalue weighted by Gasteiger charge is 2.44. The number of hydrogen-bond acceptors (Lipinski definition) is 7. The van der Waals surface area contributed by atoms with Crippen LogP contribution >= 0.6 is 0 Å². The van der Waals surface area contributed by atoms with E-state index in [0.717, 1.165) is 32.5 Å². The Balaban J connectivity index is 1.75. The minimum Gasteiger partial charge on any atom is -0.872 e. The highest BCUT2D eigenvalue weighted by Crippen LogP contribution is 2.42. The monoisotopic (exact) mass is 552 g/mol. The van der Waals surface area contributed by atoms with Crippen LogP contribution in [0.2, 0.25) is 0 Å². The normalized spacial score (nSPS) is 17.9. The Labute approximate surface area is 236 Å². The lowest BCUT2D eigenvalue weighted by Crippen LogP contribution is -3.11. The van der Waals surface area contributed by atoms with E-state index >= 15 is 0 Å². The highest BCUT2D eigenvalue weighted by atomic mass is 16.6. The second-order valence-electron chi connectivity index (χ2n) is 10.0. The number of ketones is 1. The van der Waals surface area contributed by atoms with Crippen LogP contribution in [0.3, 0.4) is 0 Å². The highest BCUT2D eigenvalue weighted by molar-refractivity contribution is 6.46. The van der Waals surface area contributed by atoms with E-state index in [1.54, 1.807) is 43.5 Å². The van der Waals surface area contributed by atoms with Gasteiger partial charge in [0.25, 0.3) is 5.91 Å². The number of unbranched alkanes of at least 4 members (excludes halogenated alkanes) is 1. The number of Topliss-reactive ketones (excluding diaryl/α,β-unsaturated/α-hetero) is 1. The second-order valence-corrected chi connectivity index (χ2v) is 10.0. The number of nitrogens with one attached hydrogen (secondary N) is 1. The van der Waals surface area contributed by atoms with Crippen LogP contribution in [0.1, 0.15) is 57.2 Å². The van der Waals surface area contributed by atoms with Crippen molar-refractivity contribution in [2.45, 2.75) is 46.1 Å². The molecule has 0 radical (unpaired) electrons. The molecule has 9 heteroatoms. The average Bonchev–Trinajstić information content (AvgIpc) is 3.24. The molecule has 216 valence electrons. The van der Waals surface area contributed by atoms with Gasteiger partial charge in [-0.1, -0.05) is 31.2 Å². The van der Waals surface area contributed by atoms with Crippen molar-refractivity contribution in [2.75, 3.05) is 53.1 Å². The van der Waals surface area contributed by atoms with Gasteiger partial charge in [-0.3, -0.25) is 9.59 Å². The fraction of sp³-hybridized carbons (Fsp3) is 0.484. The quantitative estimate of drug-likeness (QED) is 0.176. The standard InChI is InChI=1S/C31H40N2O7/c1-5-8-16-38-23-12-10-21(19-25(23)37-4)28-27(29(34)22-11-13-24-26(20-22)40-18-17-39-24)30(35)31(36)33(28)15-9-14-32(6-2)7-3/h10-13,19-20,28,34H,5-9,14-18H2,1-4H3. The zero-order valence-corrected chi connectivity index (χ0v) is 23.9. The van der Waals surface area contributed by atoms with Gasteiger partial charge in [0.05, 0.1) is 39.4 Å². The lowest BCUT2D eigenvalue weighted by molar-refractivity contribution is -0.896. The summed E-state index contributed by atoms with van der Waals surface area (Å²) in [5.41, 5.74) is 0.819. The van der Waals surface area contributed by atoms with Gasteiger partial charge in [-0.05, 0) is 55.7 Å². The number of fused-ring (bicyclic) bond motifs is 1. The van der Waals surface area contributed by atoms with Gasteiger partial charge < -0.3 is 33.9 Å². The van der Waals surface area contributed by atoms with E-state index in [1.807, 2.05) is 0 Å². The third-order valence-corrected chi connectivity index (χ3v) is 7.52. The van der Waals surface area contributed by atoms with Crippen LogP contribution in [0.15, 0.2) is 42.0 Å². The van der Waals surface area contributed by atoms with E-state index in [2.05, 4.69) is 20.8 Å². The molecule has 4 rings (SSSR count). The number of benzene rings is 2. The molecule has 1 unspecified atom stereocenters. The van der Waals surface area contributed by atoms with Crippen molar-refractivity contribution in [1.29, 1.82) is 0 Å². The molecule has 0 aromatic heterocycles. The van der Waals surface area contributed by atoms with Gasteiger partial charge in [-0.25, -0.2) is 0 Å². The molecular weight excluding hydrogens is 512 g/mol. The van der Waals surface area contributed by atoms with Crippen molar-refractivity contribution in [3.05, 3.63) is 53.1 Å². The fourth-order valence-electron chi connectivity index (χ4n) is 5.19. The van der Waals surface area contributed by atoms with Crippen molar-refractivity contribution in [1.82, 2.24) is 4.90 Å². The van der Waals surface area contributed by atoms with E-state index in [-0.39, 0.29) is 11.1 Å². The molecule has 40 heavy (non-hydrogen) atoms. The maximum Gasteiger partial charge on any atom is 0.295 e. The number of carbonyl (C=O) groups excluding carboxylic acids is 2. The summed E-state index contributed by atoms with van der Waals surface area (Å²) >= 11 is 0. The molecule has 1 N–H and O–H groups in total. The molecule has 0 aliphatic carbocycles. The molecule has 1 saturated heterocycles. The van der Waals surface area contributed by atoms with Gasteiger partial charge in [0.2, 0.25) is 5.78 Å². The largest absolute Gasteiger partial charge is 0.872 e. The Kier molecular flexibility index (Phi) is 9.93. The van der Waals surface area contributed by atoms with E-state index in [4.69, 9.17) is 18.9 Å². The Morgan fingerprint density at radius 2 is 1.75 bits per heavy atom. The summed E-state index contributed by atoms with van der Waals surface area (Å²) < 4.78 is 22.7. The van der Waals surface area contributed by atoms with E-state index in [1.165, 1.54) is 9.80 Å². The molecular formula is C31H40N2O7. The lowest BCUT2D eigenvalue weighted by Gasteiger charge is -2.29. The number of amides is 1. The number of hydrogen-bond donors (Lipinski definition) is 1. The second kappa shape index (κ2) is 13.6. The van der Waals surface area contributed by atoms with Crippen LogP contribution in [-0.4, -0.2) is 69.7 Å². The molecule has 0 saturated carbocycles. The van der Waals surface area contributed by atoms with Crippen molar-refractivity contribution in [3.8, 4) is 23.0 Å². The van der Waals surface area contributed by atoms with Gasteiger partial charge in [-0.15, -0.1) is 0 Å². The first kappa shape index (κ1) is 29.3. The maximum atomic E-state index is 13.9. The number of rotatable bonds is 13. The Hall–Kier alpha value is -3.72. The fourth-order valence-corrected chi connectivity index (χ4v) is 5.19. The van der Waals surface area contributed by atoms with Gasteiger partial charge in [0, 0.05) is 18.5 Å². The molecule has 0 bridgehead atoms. The number of carbonyl (C=O) groups is 2. The number of ether oxygens (including phenoxy) is 4. The Bertz CT molecular complexity index is 1240. The molecule has 1 fully saturated rings. The first-order valence-corrected chi connectivity index (χ1v) is 14.2. The third-order valence-electron chi connectivity index (χ3n) is 7.52. The van der Waals surface area contributed by atoms with Crippen molar-refractivity contribution in [2.24, 2.45) is 0 Å². The summed E-state index contributed by atoms with van der Waals surface area (Å²) in [7, 11) is 1.55. The molecule has 2 aromatic rings. The van der Waals surface area contributed by atoms with Gasteiger partial charge in [-0.2, -0.15) is 0 Å². The molecule has 2 aliphatic rings. The Morgan fingerprint density at radius 3 is 2.45 bits per heavy atom. The van der Waals surface area contributed by atoms with E-state index < -0.39 is 23.5 Å². The molecule has 2 aliphatic heterocycles. The van der Waals surface area contributed by atoms with Crippen molar-refractivity contribution < 1.29 is 38.5 Å². The first-order valence-electron chi connectivity index (χ1n) is 14.2. The van der Waals surface area contributed by atoms with E-state index in [9.17, 15) is 14.7 Å². The molecule has 9 nitrogen and oxygen atoms in total. The van der Waals surface area contributed by atoms with Crippen LogP contribution < -0.4 is 29.0 Å². The molecule has 2 heterocycles. The van der Waals surface area contributed by atoms with E-state index in [0.29, 0.717) is 61.3 Å². The first-order chi connectivity index (χ1) is 19.4. The minimum atomic E-state index is -0.842. The van der Waals surface area contributed by atoms with Gasteiger partial charge in [0.15, 0.2) is 23.0 Å². The SMILES string of the molecule is CCCCOc1ccc(C2C(=C([O-])c3ccc4c(c3)OCCO4)C(=O)C(=O)N2CCC[NH+](CC)CC)cc1OC. The zero-order valence-electron chi connectivity index (χ0n) is 23.9. The summed E-state index contributed by atoms with van der Waals surface area (Å²) in [4.78, 5) is 29.8. The summed E-state index contributed by atoms with van der Waals surface area (Å²) in [6.45, 7) is 10.8. The number of likely N-dealkylation sites (tertiary alicyclic amines) is 1. The van der Waals surface area contributed by atoms with Crippen LogP contribution in [0.5, 0.6) is 23.0 Å². The number of quaternary nitrogens is 1. The molecule has 1 atom stereocenters. The maximum absolute atomic E-state index is 13.9. The number of nitrogens with zero attached hydrogens (tertiary/aromatic N) is 1. The van der Waals surface area contributed by atoms with Crippen LogP contribution in [0, 0.1) is 0 Å². The topological polar surface area (TPSA) is 102 Å². The molecule has 0 spiro atoms. The van der Waals surface area contributed by atoms with Crippen LogP contribution in [0.4, 0.5) is 0 Å². The lowest BCUT2D eigenvalue weighted by atomic mass is 9.94. The Morgan fingerprint density at radius 1 is 1.00 bits per heavy atom. The van der Waals surface area contributed by atoms with Gasteiger partial charge >= 0.3 is 0 Å². The van der Waals surface area contributed by atoms with Crippen molar-refractivity contribution in [3.63, 3.8) is 0 Å². The summed E-state index contributed by atoms with van der Waals surface area (Å²) in [5, 5.41) is 13.9.